The molecule has 0 bridgehead atoms. The van der Waals surface area contributed by atoms with Crippen molar-refractivity contribution >= 4 is 29.0 Å². The SMILES string of the molecule is C=C/C=C(\C=C)NC(=O)CSCc1csc(-c2ccc(OC)cc2)n1. The fraction of sp³-hybridized carbons (Fsp3) is 0.158. The highest BCUT2D eigenvalue weighted by Crippen LogP contribution is 2.27. The zero-order valence-electron chi connectivity index (χ0n) is 14.0. The summed E-state index contributed by atoms with van der Waals surface area (Å²) in [6.45, 7) is 7.25. The van der Waals surface area contributed by atoms with Crippen molar-refractivity contribution in [2.75, 3.05) is 12.9 Å². The molecule has 2 aromatic rings. The third kappa shape index (κ3) is 5.92. The first-order valence-corrected chi connectivity index (χ1v) is 9.61. The summed E-state index contributed by atoms with van der Waals surface area (Å²) in [6.07, 6.45) is 4.91. The Bertz CT molecular complexity index is 764. The van der Waals surface area contributed by atoms with E-state index < -0.39 is 0 Å². The van der Waals surface area contributed by atoms with Gasteiger partial charge in [-0.15, -0.1) is 23.1 Å². The highest BCUT2D eigenvalue weighted by molar-refractivity contribution is 7.99. The molecule has 1 aromatic carbocycles. The Balaban J connectivity index is 1.85. The van der Waals surface area contributed by atoms with Gasteiger partial charge in [-0.05, 0) is 36.4 Å². The Labute approximate surface area is 156 Å². The van der Waals surface area contributed by atoms with Crippen molar-refractivity contribution in [2.24, 2.45) is 0 Å². The molecule has 0 fully saturated rings. The fourth-order valence-electron chi connectivity index (χ4n) is 1.97. The van der Waals surface area contributed by atoms with Gasteiger partial charge in [-0.2, -0.15) is 0 Å². The first-order chi connectivity index (χ1) is 12.2. The van der Waals surface area contributed by atoms with E-state index in [0.29, 0.717) is 17.2 Å². The number of hydrogen-bond acceptors (Lipinski definition) is 5. The zero-order chi connectivity index (χ0) is 18.1. The van der Waals surface area contributed by atoms with Crippen molar-refractivity contribution in [2.45, 2.75) is 5.75 Å². The summed E-state index contributed by atoms with van der Waals surface area (Å²) in [5.74, 6) is 1.81. The number of carbonyl (C=O) groups excluding carboxylic acids is 1. The van der Waals surface area contributed by atoms with E-state index in [0.717, 1.165) is 22.0 Å². The predicted octanol–water partition coefficient (Wildman–Crippen LogP) is 4.42. The first kappa shape index (κ1) is 19.0. The number of thioether (sulfide) groups is 1. The number of nitrogens with one attached hydrogen (secondary N) is 1. The van der Waals surface area contributed by atoms with Crippen LogP contribution in [0.2, 0.25) is 0 Å². The minimum absolute atomic E-state index is 0.0661. The van der Waals surface area contributed by atoms with Crippen LogP contribution in [0.3, 0.4) is 0 Å². The maximum Gasteiger partial charge on any atom is 0.234 e. The molecule has 0 radical (unpaired) electrons. The summed E-state index contributed by atoms with van der Waals surface area (Å²) < 4.78 is 5.16. The molecule has 0 spiro atoms. The largest absolute Gasteiger partial charge is 0.497 e. The number of carbonyl (C=O) groups is 1. The molecule has 0 aliphatic heterocycles. The van der Waals surface area contributed by atoms with Crippen LogP contribution in [-0.2, 0) is 10.5 Å². The van der Waals surface area contributed by atoms with E-state index in [1.165, 1.54) is 11.8 Å². The van der Waals surface area contributed by atoms with E-state index in [9.17, 15) is 4.79 Å². The van der Waals surface area contributed by atoms with Gasteiger partial charge in [0.1, 0.15) is 10.8 Å². The van der Waals surface area contributed by atoms with Gasteiger partial charge in [-0.25, -0.2) is 4.98 Å². The number of allylic oxidation sites excluding steroid dienone is 3. The lowest BCUT2D eigenvalue weighted by molar-refractivity contribution is -0.117. The van der Waals surface area contributed by atoms with Gasteiger partial charge in [0.15, 0.2) is 0 Å². The normalized spacial score (nSPS) is 11.0. The second-order valence-corrected chi connectivity index (χ2v) is 6.82. The predicted molar refractivity (Wildman–Crippen MR) is 107 cm³/mol. The fourth-order valence-corrected chi connectivity index (χ4v) is 3.62. The summed E-state index contributed by atoms with van der Waals surface area (Å²) in [7, 11) is 1.65. The van der Waals surface area contributed by atoms with Crippen LogP contribution in [-0.4, -0.2) is 23.8 Å². The van der Waals surface area contributed by atoms with E-state index in [-0.39, 0.29) is 5.91 Å². The van der Waals surface area contributed by atoms with Crippen LogP contribution in [0.4, 0.5) is 0 Å². The lowest BCUT2D eigenvalue weighted by Crippen LogP contribution is -2.23. The maximum absolute atomic E-state index is 11.9. The second-order valence-electron chi connectivity index (χ2n) is 4.98. The number of benzene rings is 1. The van der Waals surface area contributed by atoms with Crippen molar-refractivity contribution < 1.29 is 9.53 Å². The van der Waals surface area contributed by atoms with E-state index in [2.05, 4.69) is 23.5 Å². The standard InChI is InChI=1S/C19H20N2O2S2/c1-4-6-15(5-2)20-18(22)13-24-11-16-12-25-19(21-16)14-7-9-17(23-3)10-8-14/h4-10,12H,1-2,11,13H2,3H3,(H,20,22)/b15-6+. The lowest BCUT2D eigenvalue weighted by Gasteiger charge is -2.04. The van der Waals surface area contributed by atoms with Crippen molar-refractivity contribution in [3.63, 3.8) is 0 Å². The monoisotopic (exact) mass is 372 g/mol. The molecule has 6 heteroatoms. The Morgan fingerprint density at radius 3 is 2.76 bits per heavy atom. The molecule has 0 atom stereocenters. The Hall–Kier alpha value is -2.31. The van der Waals surface area contributed by atoms with E-state index in [1.54, 1.807) is 36.7 Å². The van der Waals surface area contributed by atoms with Crippen LogP contribution in [0, 0.1) is 0 Å². The Morgan fingerprint density at radius 2 is 2.12 bits per heavy atom. The molecular weight excluding hydrogens is 352 g/mol. The van der Waals surface area contributed by atoms with Crippen molar-refractivity contribution in [1.82, 2.24) is 10.3 Å². The molecule has 1 N–H and O–H groups in total. The number of nitrogens with zero attached hydrogens (tertiary/aromatic N) is 1. The third-order valence-corrected chi connectivity index (χ3v) is 5.08. The minimum atomic E-state index is -0.0661. The molecule has 0 saturated heterocycles. The minimum Gasteiger partial charge on any atom is -0.497 e. The van der Waals surface area contributed by atoms with Gasteiger partial charge in [0, 0.05) is 22.4 Å². The molecule has 0 saturated carbocycles. The Morgan fingerprint density at radius 1 is 1.36 bits per heavy atom. The smallest absolute Gasteiger partial charge is 0.234 e. The Kier molecular flexibility index (Phi) is 7.50. The number of methoxy groups -OCH3 is 1. The van der Waals surface area contributed by atoms with Gasteiger partial charge < -0.3 is 10.1 Å². The number of rotatable bonds is 9. The summed E-state index contributed by atoms with van der Waals surface area (Å²) in [5, 5.41) is 5.77. The first-order valence-electron chi connectivity index (χ1n) is 7.58. The van der Waals surface area contributed by atoms with Gasteiger partial charge in [-0.3, -0.25) is 4.79 Å². The topological polar surface area (TPSA) is 51.2 Å². The van der Waals surface area contributed by atoms with Crippen LogP contribution < -0.4 is 10.1 Å². The van der Waals surface area contributed by atoms with E-state index >= 15 is 0 Å². The highest BCUT2D eigenvalue weighted by atomic mass is 32.2. The maximum atomic E-state index is 11.9. The molecule has 130 valence electrons. The number of amides is 1. The highest BCUT2D eigenvalue weighted by Gasteiger charge is 2.07. The molecule has 1 heterocycles. The molecule has 0 aliphatic carbocycles. The molecule has 1 amide bonds. The number of hydrogen-bond donors (Lipinski definition) is 1. The van der Waals surface area contributed by atoms with Crippen LogP contribution in [0.1, 0.15) is 5.69 Å². The van der Waals surface area contributed by atoms with Crippen LogP contribution in [0.25, 0.3) is 10.6 Å². The molecule has 2 rings (SSSR count). The molecular formula is C19H20N2O2S2. The van der Waals surface area contributed by atoms with Crippen molar-refractivity contribution in [3.05, 3.63) is 72.4 Å². The van der Waals surface area contributed by atoms with Crippen LogP contribution in [0.15, 0.2) is 66.7 Å². The quantitative estimate of drug-likeness (QED) is 0.662. The molecule has 1 aromatic heterocycles. The van der Waals surface area contributed by atoms with Gasteiger partial charge in [0.2, 0.25) is 5.91 Å². The summed E-state index contributed by atoms with van der Waals surface area (Å²) >= 11 is 3.12. The number of ether oxygens (including phenoxy) is 1. The second kappa shape index (κ2) is 9.86. The van der Waals surface area contributed by atoms with Gasteiger partial charge in [-0.1, -0.05) is 19.2 Å². The molecule has 0 unspecified atom stereocenters. The van der Waals surface area contributed by atoms with Crippen LogP contribution >= 0.6 is 23.1 Å². The van der Waals surface area contributed by atoms with E-state index in [1.807, 2.05) is 29.6 Å². The van der Waals surface area contributed by atoms with Gasteiger partial charge in [0.05, 0.1) is 18.6 Å². The zero-order valence-corrected chi connectivity index (χ0v) is 15.7. The number of thiazole rings is 1. The van der Waals surface area contributed by atoms with Crippen molar-refractivity contribution in [1.29, 1.82) is 0 Å². The summed E-state index contributed by atoms with van der Waals surface area (Å²) in [6, 6.07) is 7.82. The average molecular weight is 373 g/mol. The molecule has 4 nitrogen and oxygen atoms in total. The van der Waals surface area contributed by atoms with Crippen LogP contribution in [0.5, 0.6) is 5.75 Å². The van der Waals surface area contributed by atoms with E-state index in [4.69, 9.17) is 4.74 Å². The molecule has 25 heavy (non-hydrogen) atoms. The lowest BCUT2D eigenvalue weighted by atomic mass is 10.2. The van der Waals surface area contributed by atoms with Crippen molar-refractivity contribution in [3.8, 4) is 16.3 Å². The van der Waals surface area contributed by atoms with Gasteiger partial charge in [0.25, 0.3) is 0 Å². The third-order valence-electron chi connectivity index (χ3n) is 3.17. The summed E-state index contributed by atoms with van der Waals surface area (Å²) in [4.78, 5) is 16.5. The number of aromatic nitrogens is 1. The molecule has 0 aliphatic rings. The van der Waals surface area contributed by atoms with Gasteiger partial charge >= 0.3 is 0 Å². The average Bonchev–Trinajstić information content (AvgIpc) is 3.10. The summed E-state index contributed by atoms with van der Waals surface area (Å²) in [5.41, 5.74) is 2.68.